The van der Waals surface area contributed by atoms with E-state index in [1.54, 1.807) is 0 Å². The van der Waals surface area contributed by atoms with E-state index in [2.05, 4.69) is 25.5 Å². The van der Waals surface area contributed by atoms with Gasteiger partial charge in [0.2, 0.25) is 0 Å². The van der Waals surface area contributed by atoms with Gasteiger partial charge in [-0.3, -0.25) is 4.90 Å². The van der Waals surface area contributed by atoms with Crippen molar-refractivity contribution in [2.75, 3.05) is 13.1 Å². The SMILES string of the molecule is C1CN2CCCC2(Cc2nn[nH]n2)C1. The normalized spacial score (nSPS) is 25.4. The number of fused-ring (bicyclic) bond motifs is 1. The quantitative estimate of drug-likeness (QED) is 0.737. The van der Waals surface area contributed by atoms with E-state index in [0.29, 0.717) is 5.54 Å². The Kier molecular flexibility index (Phi) is 1.80. The molecule has 5 nitrogen and oxygen atoms in total. The second kappa shape index (κ2) is 3.02. The van der Waals surface area contributed by atoms with Gasteiger partial charge in [-0.05, 0) is 38.8 Å². The minimum Gasteiger partial charge on any atom is -0.297 e. The van der Waals surface area contributed by atoms with E-state index in [4.69, 9.17) is 0 Å². The number of nitrogens with one attached hydrogen (secondary N) is 1. The van der Waals surface area contributed by atoms with Crippen LogP contribution in [0.3, 0.4) is 0 Å². The lowest BCUT2D eigenvalue weighted by atomic mass is 9.90. The third-order valence-corrected chi connectivity index (χ3v) is 3.69. The summed E-state index contributed by atoms with van der Waals surface area (Å²) in [5.74, 6) is 0.874. The maximum Gasteiger partial charge on any atom is 0.176 e. The standard InChI is InChI=1S/C9H15N5/c1-3-9(4-2-6-14(9)5-1)7-8-10-12-13-11-8/h1-7H2,(H,10,11,12,13). The summed E-state index contributed by atoms with van der Waals surface area (Å²) in [6.07, 6.45) is 6.25. The number of rotatable bonds is 2. The maximum atomic E-state index is 4.06. The largest absolute Gasteiger partial charge is 0.297 e. The van der Waals surface area contributed by atoms with Crippen LogP contribution in [-0.4, -0.2) is 44.2 Å². The molecular formula is C9H15N5. The topological polar surface area (TPSA) is 57.7 Å². The minimum absolute atomic E-state index is 0.379. The van der Waals surface area contributed by atoms with E-state index in [1.807, 2.05) is 0 Å². The lowest BCUT2D eigenvalue weighted by Gasteiger charge is -2.30. The molecule has 2 aliphatic rings. The van der Waals surface area contributed by atoms with Crippen molar-refractivity contribution in [2.24, 2.45) is 0 Å². The molecule has 2 saturated heterocycles. The molecular weight excluding hydrogens is 178 g/mol. The smallest absolute Gasteiger partial charge is 0.176 e. The molecule has 0 radical (unpaired) electrons. The van der Waals surface area contributed by atoms with Gasteiger partial charge in [0.15, 0.2) is 5.82 Å². The molecule has 0 aliphatic carbocycles. The third kappa shape index (κ3) is 1.15. The van der Waals surface area contributed by atoms with Crippen molar-refractivity contribution in [3.63, 3.8) is 0 Å². The highest BCUT2D eigenvalue weighted by Gasteiger charge is 2.44. The number of hydrogen-bond donors (Lipinski definition) is 1. The lowest BCUT2D eigenvalue weighted by Crippen LogP contribution is -2.40. The molecule has 0 unspecified atom stereocenters. The summed E-state index contributed by atoms with van der Waals surface area (Å²) in [4.78, 5) is 2.61. The monoisotopic (exact) mass is 193 g/mol. The molecule has 2 aliphatic heterocycles. The fourth-order valence-corrected chi connectivity index (χ4v) is 3.07. The second-order valence-electron chi connectivity index (χ2n) is 4.42. The van der Waals surface area contributed by atoms with Crippen molar-refractivity contribution >= 4 is 0 Å². The highest BCUT2D eigenvalue weighted by atomic mass is 15.5. The first kappa shape index (κ1) is 8.35. The van der Waals surface area contributed by atoms with E-state index in [0.717, 1.165) is 12.2 Å². The van der Waals surface area contributed by atoms with Crippen LogP contribution >= 0.6 is 0 Å². The Morgan fingerprint density at radius 1 is 1.29 bits per heavy atom. The van der Waals surface area contributed by atoms with Gasteiger partial charge < -0.3 is 0 Å². The summed E-state index contributed by atoms with van der Waals surface area (Å²) < 4.78 is 0. The molecule has 76 valence electrons. The van der Waals surface area contributed by atoms with Crippen LogP contribution in [0.1, 0.15) is 31.5 Å². The number of aromatic nitrogens is 4. The first-order valence-corrected chi connectivity index (χ1v) is 5.36. The average Bonchev–Trinajstić information content (AvgIpc) is 2.79. The number of nitrogens with zero attached hydrogens (tertiary/aromatic N) is 4. The molecule has 0 amide bonds. The molecule has 3 rings (SSSR count). The van der Waals surface area contributed by atoms with E-state index < -0.39 is 0 Å². The molecule has 0 atom stereocenters. The van der Waals surface area contributed by atoms with Crippen LogP contribution in [0.25, 0.3) is 0 Å². The van der Waals surface area contributed by atoms with E-state index in [9.17, 15) is 0 Å². The van der Waals surface area contributed by atoms with Gasteiger partial charge >= 0.3 is 0 Å². The van der Waals surface area contributed by atoms with E-state index >= 15 is 0 Å². The Balaban J connectivity index is 1.82. The predicted octanol–water partition coefficient (Wildman–Crippen LogP) is 0.371. The van der Waals surface area contributed by atoms with Gasteiger partial charge in [0.05, 0.1) is 0 Å². The first-order chi connectivity index (χ1) is 6.89. The number of H-pyrrole nitrogens is 1. The Labute approximate surface area is 82.9 Å². The highest BCUT2D eigenvalue weighted by Crippen LogP contribution is 2.40. The number of tetrazole rings is 1. The Morgan fingerprint density at radius 3 is 2.71 bits per heavy atom. The van der Waals surface area contributed by atoms with Gasteiger partial charge in [0.1, 0.15) is 0 Å². The summed E-state index contributed by atoms with van der Waals surface area (Å²) in [5.41, 5.74) is 0.379. The average molecular weight is 193 g/mol. The zero-order chi connectivity index (χ0) is 9.43. The van der Waals surface area contributed by atoms with Crippen LogP contribution in [0.15, 0.2) is 0 Å². The molecule has 0 spiro atoms. The Bertz CT molecular complexity index is 297. The molecule has 2 fully saturated rings. The van der Waals surface area contributed by atoms with Crippen molar-refractivity contribution in [3.05, 3.63) is 5.82 Å². The summed E-state index contributed by atoms with van der Waals surface area (Å²) >= 11 is 0. The van der Waals surface area contributed by atoms with Gasteiger partial charge in [-0.1, -0.05) is 5.21 Å². The van der Waals surface area contributed by atoms with Crippen molar-refractivity contribution in [2.45, 2.75) is 37.6 Å². The van der Waals surface area contributed by atoms with Crippen molar-refractivity contribution in [1.82, 2.24) is 25.5 Å². The van der Waals surface area contributed by atoms with Gasteiger partial charge in [-0.15, -0.1) is 10.2 Å². The summed E-state index contributed by atoms with van der Waals surface area (Å²) in [6.45, 7) is 2.52. The van der Waals surface area contributed by atoms with E-state index in [1.165, 1.54) is 38.8 Å². The van der Waals surface area contributed by atoms with Crippen LogP contribution in [0.2, 0.25) is 0 Å². The molecule has 5 heteroatoms. The first-order valence-electron chi connectivity index (χ1n) is 5.36. The number of hydrogen-bond acceptors (Lipinski definition) is 4. The number of aromatic amines is 1. The predicted molar refractivity (Wildman–Crippen MR) is 50.7 cm³/mol. The molecule has 3 heterocycles. The zero-order valence-corrected chi connectivity index (χ0v) is 8.24. The van der Waals surface area contributed by atoms with Crippen molar-refractivity contribution in [1.29, 1.82) is 0 Å². The van der Waals surface area contributed by atoms with Crippen LogP contribution in [-0.2, 0) is 6.42 Å². The van der Waals surface area contributed by atoms with Crippen LogP contribution < -0.4 is 0 Å². The molecule has 0 saturated carbocycles. The third-order valence-electron chi connectivity index (χ3n) is 3.69. The fraction of sp³-hybridized carbons (Fsp3) is 0.889. The van der Waals surface area contributed by atoms with Crippen LogP contribution in [0.5, 0.6) is 0 Å². The molecule has 1 aromatic heterocycles. The summed E-state index contributed by atoms with van der Waals surface area (Å²) in [6, 6.07) is 0. The Morgan fingerprint density at radius 2 is 2.07 bits per heavy atom. The molecule has 0 aromatic carbocycles. The fourth-order valence-electron chi connectivity index (χ4n) is 3.07. The summed E-state index contributed by atoms with van der Waals surface area (Å²) in [7, 11) is 0. The zero-order valence-electron chi connectivity index (χ0n) is 8.24. The van der Waals surface area contributed by atoms with Crippen LogP contribution in [0, 0.1) is 0 Å². The maximum absolute atomic E-state index is 4.06. The summed E-state index contributed by atoms with van der Waals surface area (Å²) in [5, 5.41) is 14.3. The molecule has 14 heavy (non-hydrogen) atoms. The molecule has 1 N–H and O–H groups in total. The van der Waals surface area contributed by atoms with Gasteiger partial charge in [-0.25, -0.2) is 0 Å². The minimum atomic E-state index is 0.379. The van der Waals surface area contributed by atoms with Crippen LogP contribution in [0.4, 0.5) is 0 Å². The second-order valence-corrected chi connectivity index (χ2v) is 4.42. The lowest BCUT2D eigenvalue weighted by molar-refractivity contribution is 0.191. The molecule has 1 aromatic rings. The van der Waals surface area contributed by atoms with Crippen molar-refractivity contribution < 1.29 is 0 Å². The Hall–Kier alpha value is -0.970. The molecule has 0 bridgehead atoms. The van der Waals surface area contributed by atoms with Gasteiger partial charge in [0.25, 0.3) is 0 Å². The van der Waals surface area contributed by atoms with Gasteiger partial charge in [0, 0.05) is 12.0 Å². The van der Waals surface area contributed by atoms with E-state index in [-0.39, 0.29) is 0 Å². The van der Waals surface area contributed by atoms with Crippen molar-refractivity contribution in [3.8, 4) is 0 Å². The van der Waals surface area contributed by atoms with Gasteiger partial charge in [-0.2, -0.15) is 5.21 Å². The highest BCUT2D eigenvalue weighted by molar-refractivity contribution is 5.05.